The van der Waals surface area contributed by atoms with E-state index in [0.717, 1.165) is 5.56 Å². The van der Waals surface area contributed by atoms with Gasteiger partial charge in [-0.3, -0.25) is 4.79 Å². The van der Waals surface area contributed by atoms with Crippen molar-refractivity contribution in [2.45, 2.75) is 19.4 Å². The number of hydrogen-bond donors (Lipinski definition) is 2. The first kappa shape index (κ1) is 13.3. The van der Waals surface area contributed by atoms with E-state index in [1.165, 1.54) is 0 Å². The van der Waals surface area contributed by atoms with E-state index >= 15 is 0 Å². The van der Waals surface area contributed by atoms with Gasteiger partial charge in [0.1, 0.15) is 0 Å². The van der Waals surface area contributed by atoms with Crippen LogP contribution in [0.4, 0.5) is 0 Å². The Labute approximate surface area is 105 Å². The van der Waals surface area contributed by atoms with Gasteiger partial charge in [0.15, 0.2) is 0 Å². The fourth-order valence-corrected chi connectivity index (χ4v) is 1.70. The minimum Gasteiger partial charge on any atom is -0.352 e. The van der Waals surface area contributed by atoms with Crippen molar-refractivity contribution in [3.05, 3.63) is 33.8 Å². The molecule has 88 valence electrons. The quantitative estimate of drug-likeness (QED) is 0.870. The zero-order valence-electron chi connectivity index (χ0n) is 8.97. The number of carbonyl (C=O) groups is 1. The Morgan fingerprint density at radius 2 is 2.19 bits per heavy atom. The molecule has 0 radical (unpaired) electrons. The largest absolute Gasteiger partial charge is 0.352 e. The highest BCUT2D eigenvalue weighted by molar-refractivity contribution is 6.35. The third-order valence-corrected chi connectivity index (χ3v) is 2.71. The molecule has 0 unspecified atom stereocenters. The number of hydrogen-bond acceptors (Lipinski definition) is 2. The molecule has 5 heteroatoms. The van der Waals surface area contributed by atoms with Gasteiger partial charge in [-0.15, -0.1) is 0 Å². The average molecular weight is 261 g/mol. The number of carbonyl (C=O) groups excluding carboxylic acids is 1. The summed E-state index contributed by atoms with van der Waals surface area (Å²) >= 11 is 11.7. The van der Waals surface area contributed by atoms with Gasteiger partial charge in [0.25, 0.3) is 0 Å². The van der Waals surface area contributed by atoms with Gasteiger partial charge in [-0.25, -0.2) is 0 Å². The van der Waals surface area contributed by atoms with Crippen molar-refractivity contribution in [1.82, 2.24) is 5.32 Å². The maximum Gasteiger partial charge on any atom is 0.224 e. The third-order valence-electron chi connectivity index (χ3n) is 2.13. The highest BCUT2D eigenvalue weighted by Gasteiger charge is 2.09. The number of nitrogens with one attached hydrogen (secondary N) is 1. The predicted molar refractivity (Wildman–Crippen MR) is 66.8 cm³/mol. The molecule has 16 heavy (non-hydrogen) atoms. The molecule has 3 N–H and O–H groups in total. The van der Waals surface area contributed by atoms with Crippen molar-refractivity contribution >= 4 is 29.1 Å². The van der Waals surface area contributed by atoms with Crippen molar-refractivity contribution in [1.29, 1.82) is 0 Å². The molecular weight excluding hydrogens is 247 g/mol. The van der Waals surface area contributed by atoms with Gasteiger partial charge >= 0.3 is 0 Å². The van der Waals surface area contributed by atoms with Gasteiger partial charge in [0, 0.05) is 22.6 Å². The van der Waals surface area contributed by atoms with Crippen LogP contribution in [0.2, 0.25) is 10.0 Å². The van der Waals surface area contributed by atoms with Crippen LogP contribution in [0.5, 0.6) is 0 Å². The maximum atomic E-state index is 11.6. The molecule has 0 saturated carbocycles. The van der Waals surface area contributed by atoms with Gasteiger partial charge in [0.05, 0.1) is 6.42 Å². The van der Waals surface area contributed by atoms with Crippen molar-refractivity contribution in [2.75, 3.05) is 6.54 Å². The Kier molecular flexibility index (Phi) is 5.06. The monoisotopic (exact) mass is 260 g/mol. The van der Waals surface area contributed by atoms with Crippen LogP contribution in [-0.4, -0.2) is 18.5 Å². The van der Waals surface area contributed by atoms with Gasteiger partial charge in [-0.2, -0.15) is 0 Å². The number of benzene rings is 1. The second kappa shape index (κ2) is 6.09. The van der Waals surface area contributed by atoms with Crippen molar-refractivity contribution < 1.29 is 4.79 Å². The second-order valence-electron chi connectivity index (χ2n) is 3.62. The average Bonchev–Trinajstić information content (AvgIpc) is 2.22. The molecule has 1 rings (SSSR count). The molecule has 1 aromatic carbocycles. The molecule has 0 heterocycles. The Balaban J connectivity index is 2.63. The molecule has 1 aromatic rings. The van der Waals surface area contributed by atoms with E-state index in [4.69, 9.17) is 28.9 Å². The molecule has 0 aliphatic heterocycles. The summed E-state index contributed by atoms with van der Waals surface area (Å²) in [6.45, 7) is 2.27. The molecule has 1 atom stereocenters. The van der Waals surface area contributed by atoms with Crippen LogP contribution in [0.15, 0.2) is 18.2 Å². The van der Waals surface area contributed by atoms with Gasteiger partial charge in [0.2, 0.25) is 5.91 Å². The van der Waals surface area contributed by atoms with E-state index in [1.807, 2.05) is 6.92 Å². The topological polar surface area (TPSA) is 55.1 Å². The Bertz CT molecular complexity index is 382. The summed E-state index contributed by atoms with van der Waals surface area (Å²) in [7, 11) is 0. The highest BCUT2D eigenvalue weighted by atomic mass is 35.5. The minimum absolute atomic E-state index is 0.0291. The normalized spacial score (nSPS) is 12.2. The van der Waals surface area contributed by atoms with Crippen LogP contribution >= 0.6 is 23.2 Å². The smallest absolute Gasteiger partial charge is 0.224 e. The molecular formula is C11H14Cl2N2O. The fourth-order valence-electron chi connectivity index (χ4n) is 1.22. The first-order valence-electron chi connectivity index (χ1n) is 4.96. The molecule has 3 nitrogen and oxygen atoms in total. The third kappa shape index (κ3) is 4.00. The van der Waals surface area contributed by atoms with Crippen LogP contribution in [0.3, 0.4) is 0 Å². The molecule has 0 bridgehead atoms. The summed E-state index contributed by atoms with van der Waals surface area (Å²) < 4.78 is 0. The zero-order chi connectivity index (χ0) is 12.1. The Morgan fingerprint density at radius 1 is 1.50 bits per heavy atom. The lowest BCUT2D eigenvalue weighted by atomic mass is 10.1. The lowest BCUT2D eigenvalue weighted by Crippen LogP contribution is -2.38. The SMILES string of the molecule is C[C@@H](CN)NC(=O)Cc1ccc(Cl)cc1Cl. The summed E-state index contributed by atoms with van der Waals surface area (Å²) in [4.78, 5) is 11.6. The Hall–Kier alpha value is -0.770. The van der Waals surface area contributed by atoms with E-state index in [9.17, 15) is 4.79 Å². The molecule has 0 fully saturated rings. The molecule has 0 aliphatic rings. The minimum atomic E-state index is -0.0952. The molecule has 0 spiro atoms. The summed E-state index contributed by atoms with van der Waals surface area (Å²) in [5.41, 5.74) is 6.16. The summed E-state index contributed by atoms with van der Waals surface area (Å²) in [5, 5.41) is 3.83. The van der Waals surface area contributed by atoms with Gasteiger partial charge in [-0.1, -0.05) is 29.3 Å². The summed E-state index contributed by atoms with van der Waals surface area (Å²) in [5.74, 6) is -0.0952. The van der Waals surface area contributed by atoms with E-state index in [-0.39, 0.29) is 18.4 Å². The first-order chi connectivity index (χ1) is 7.52. The first-order valence-corrected chi connectivity index (χ1v) is 5.72. The van der Waals surface area contributed by atoms with E-state index in [0.29, 0.717) is 16.6 Å². The zero-order valence-corrected chi connectivity index (χ0v) is 10.5. The number of rotatable bonds is 4. The summed E-state index contributed by atoms with van der Waals surface area (Å²) in [6.07, 6.45) is 0.236. The van der Waals surface area contributed by atoms with Gasteiger partial charge in [-0.05, 0) is 24.6 Å². The van der Waals surface area contributed by atoms with Crippen LogP contribution in [0.1, 0.15) is 12.5 Å². The van der Waals surface area contributed by atoms with E-state index in [1.54, 1.807) is 18.2 Å². The molecule has 0 aromatic heterocycles. The number of halogens is 2. The lowest BCUT2D eigenvalue weighted by molar-refractivity contribution is -0.120. The lowest BCUT2D eigenvalue weighted by Gasteiger charge is -2.11. The van der Waals surface area contributed by atoms with Crippen LogP contribution in [0.25, 0.3) is 0 Å². The van der Waals surface area contributed by atoms with Crippen molar-refractivity contribution in [2.24, 2.45) is 5.73 Å². The molecule has 0 aliphatic carbocycles. The fraction of sp³-hybridized carbons (Fsp3) is 0.364. The van der Waals surface area contributed by atoms with Crippen LogP contribution in [0, 0.1) is 0 Å². The Morgan fingerprint density at radius 3 is 2.75 bits per heavy atom. The molecule has 0 saturated heterocycles. The van der Waals surface area contributed by atoms with Crippen molar-refractivity contribution in [3.8, 4) is 0 Å². The second-order valence-corrected chi connectivity index (χ2v) is 4.46. The maximum absolute atomic E-state index is 11.6. The highest BCUT2D eigenvalue weighted by Crippen LogP contribution is 2.21. The summed E-state index contributed by atoms with van der Waals surface area (Å²) in [6, 6.07) is 5.05. The number of nitrogens with two attached hydrogens (primary N) is 1. The van der Waals surface area contributed by atoms with E-state index in [2.05, 4.69) is 5.32 Å². The van der Waals surface area contributed by atoms with Crippen LogP contribution in [-0.2, 0) is 11.2 Å². The number of amides is 1. The van der Waals surface area contributed by atoms with E-state index < -0.39 is 0 Å². The van der Waals surface area contributed by atoms with Gasteiger partial charge < -0.3 is 11.1 Å². The predicted octanol–water partition coefficient (Wildman–Crippen LogP) is 2.00. The van der Waals surface area contributed by atoms with Crippen LogP contribution < -0.4 is 11.1 Å². The molecule has 1 amide bonds. The standard InChI is InChI=1S/C11H14Cl2N2O/c1-7(6-14)15-11(16)4-8-2-3-9(12)5-10(8)13/h2-3,5,7H,4,6,14H2,1H3,(H,15,16)/t7-/m0/s1. The van der Waals surface area contributed by atoms with Crippen molar-refractivity contribution in [3.63, 3.8) is 0 Å².